The monoisotopic (exact) mass is 419 g/mol. The molecule has 0 spiro atoms. The van der Waals surface area contributed by atoms with Crippen LogP contribution in [0.3, 0.4) is 0 Å². The lowest BCUT2D eigenvalue weighted by Gasteiger charge is -2.17. The molecule has 1 heterocycles. The predicted molar refractivity (Wildman–Crippen MR) is 117 cm³/mol. The summed E-state index contributed by atoms with van der Waals surface area (Å²) in [6, 6.07) is 10.7. The summed E-state index contributed by atoms with van der Waals surface area (Å²) in [5.74, 6) is 0. The van der Waals surface area contributed by atoms with E-state index in [-0.39, 0.29) is 0 Å². The van der Waals surface area contributed by atoms with Gasteiger partial charge in [0.15, 0.2) is 0 Å². The van der Waals surface area contributed by atoms with Gasteiger partial charge in [-0.25, -0.2) is 12.4 Å². The number of hydrogen-bond donors (Lipinski definition) is 1. The van der Waals surface area contributed by atoms with Gasteiger partial charge in [0.1, 0.15) is 0 Å². The SMILES string of the molecule is CCc1c(NCCN(C)C)cccc1S(=O)(=O)n1cc(C)c2c(Cl)cccc21. The van der Waals surface area contributed by atoms with Crippen LogP contribution in [0.2, 0.25) is 5.02 Å². The van der Waals surface area contributed by atoms with E-state index in [0.717, 1.165) is 35.3 Å². The number of rotatable bonds is 7. The molecule has 5 nitrogen and oxygen atoms in total. The number of benzene rings is 2. The fraction of sp³-hybridized carbons (Fsp3) is 0.333. The summed E-state index contributed by atoms with van der Waals surface area (Å²) < 4.78 is 28.5. The minimum Gasteiger partial charge on any atom is -0.384 e. The molecule has 7 heteroatoms. The second-order valence-corrected chi connectivity index (χ2v) is 9.30. The van der Waals surface area contributed by atoms with Crippen molar-refractivity contribution >= 4 is 38.2 Å². The summed E-state index contributed by atoms with van der Waals surface area (Å²) in [5.41, 5.74) is 3.08. The van der Waals surface area contributed by atoms with Gasteiger partial charge in [-0.15, -0.1) is 0 Å². The first-order valence-electron chi connectivity index (χ1n) is 9.29. The zero-order valence-electron chi connectivity index (χ0n) is 16.7. The van der Waals surface area contributed by atoms with Crippen molar-refractivity contribution in [1.82, 2.24) is 8.87 Å². The number of hydrogen-bond acceptors (Lipinski definition) is 4. The van der Waals surface area contributed by atoms with Gasteiger partial charge in [0.25, 0.3) is 10.0 Å². The van der Waals surface area contributed by atoms with Crippen molar-refractivity contribution < 1.29 is 8.42 Å². The van der Waals surface area contributed by atoms with Gasteiger partial charge >= 0.3 is 0 Å². The van der Waals surface area contributed by atoms with E-state index >= 15 is 0 Å². The third-order valence-corrected chi connectivity index (χ3v) is 6.91. The average Bonchev–Trinajstić information content (AvgIpc) is 3.00. The number of nitrogens with one attached hydrogen (secondary N) is 1. The summed E-state index contributed by atoms with van der Waals surface area (Å²) in [7, 11) is 0.255. The van der Waals surface area contributed by atoms with Crippen LogP contribution < -0.4 is 5.32 Å². The summed E-state index contributed by atoms with van der Waals surface area (Å²) in [5, 5.41) is 4.70. The minimum atomic E-state index is -3.76. The molecule has 2 aromatic carbocycles. The van der Waals surface area contributed by atoms with E-state index in [1.165, 1.54) is 3.97 Å². The highest BCUT2D eigenvalue weighted by Gasteiger charge is 2.24. The van der Waals surface area contributed by atoms with Gasteiger partial charge in [-0.2, -0.15) is 0 Å². The maximum absolute atomic E-state index is 13.6. The minimum absolute atomic E-state index is 0.321. The highest BCUT2D eigenvalue weighted by Crippen LogP contribution is 2.33. The van der Waals surface area contributed by atoms with Crippen LogP contribution in [0.5, 0.6) is 0 Å². The third-order valence-electron chi connectivity index (χ3n) is 4.83. The Bertz CT molecular complexity index is 1100. The number of halogens is 1. The molecule has 150 valence electrons. The number of anilines is 1. The number of nitrogens with zero attached hydrogens (tertiary/aromatic N) is 2. The van der Waals surface area contributed by atoms with Crippen LogP contribution in [-0.4, -0.2) is 44.5 Å². The molecular formula is C21H26ClN3O2S. The Hall–Kier alpha value is -2.02. The normalized spacial score (nSPS) is 12.1. The maximum atomic E-state index is 13.6. The molecule has 3 aromatic rings. The van der Waals surface area contributed by atoms with Crippen LogP contribution in [0.4, 0.5) is 5.69 Å². The Kier molecular flexibility index (Phi) is 6.03. The van der Waals surface area contributed by atoms with Gasteiger partial charge in [0.2, 0.25) is 0 Å². The maximum Gasteiger partial charge on any atom is 0.268 e. The average molecular weight is 420 g/mol. The molecule has 0 radical (unpaired) electrons. The summed E-state index contributed by atoms with van der Waals surface area (Å²) in [4.78, 5) is 2.40. The molecule has 0 saturated heterocycles. The van der Waals surface area contributed by atoms with Gasteiger partial charge in [0.05, 0.1) is 15.4 Å². The van der Waals surface area contributed by atoms with E-state index in [9.17, 15) is 8.42 Å². The van der Waals surface area contributed by atoms with Crippen LogP contribution in [-0.2, 0) is 16.4 Å². The smallest absolute Gasteiger partial charge is 0.268 e. The number of aryl methyl sites for hydroxylation is 1. The van der Waals surface area contributed by atoms with Crippen molar-refractivity contribution in [3.8, 4) is 0 Å². The zero-order chi connectivity index (χ0) is 20.5. The summed E-state index contributed by atoms with van der Waals surface area (Å²) in [6.45, 7) is 5.45. The van der Waals surface area contributed by atoms with Crippen LogP contribution in [0, 0.1) is 6.92 Å². The van der Waals surface area contributed by atoms with Crippen LogP contribution in [0.1, 0.15) is 18.1 Å². The Balaban J connectivity index is 2.12. The summed E-state index contributed by atoms with van der Waals surface area (Å²) >= 11 is 6.32. The lowest BCUT2D eigenvalue weighted by atomic mass is 10.1. The van der Waals surface area contributed by atoms with Crippen molar-refractivity contribution in [1.29, 1.82) is 0 Å². The fourth-order valence-electron chi connectivity index (χ4n) is 3.45. The van der Waals surface area contributed by atoms with Gasteiger partial charge in [-0.1, -0.05) is 30.7 Å². The molecule has 1 N–H and O–H groups in total. The lowest BCUT2D eigenvalue weighted by Crippen LogP contribution is -2.22. The highest BCUT2D eigenvalue weighted by atomic mass is 35.5. The molecule has 28 heavy (non-hydrogen) atoms. The number of aromatic nitrogens is 1. The van der Waals surface area contributed by atoms with Gasteiger partial charge in [-0.05, 0) is 62.8 Å². The van der Waals surface area contributed by atoms with Gasteiger partial charge in [-0.3, -0.25) is 0 Å². The standard InChI is InChI=1S/C21H26ClN3O2S/c1-5-16-18(23-12-13-24(3)4)9-7-11-20(16)28(26,27)25-14-15(2)21-17(22)8-6-10-19(21)25/h6-11,14,23H,5,12-13H2,1-4H3. The Morgan fingerprint density at radius 1 is 1.14 bits per heavy atom. The van der Waals surface area contributed by atoms with E-state index < -0.39 is 10.0 Å². The Morgan fingerprint density at radius 3 is 2.54 bits per heavy atom. The zero-order valence-corrected chi connectivity index (χ0v) is 18.2. The molecule has 0 atom stereocenters. The molecule has 0 aliphatic carbocycles. The van der Waals surface area contributed by atoms with Crippen molar-refractivity contribution in [3.63, 3.8) is 0 Å². The number of fused-ring (bicyclic) bond motifs is 1. The molecule has 0 unspecified atom stereocenters. The topological polar surface area (TPSA) is 54.3 Å². The largest absolute Gasteiger partial charge is 0.384 e. The molecule has 3 rings (SSSR count). The van der Waals surface area contributed by atoms with E-state index in [1.54, 1.807) is 36.5 Å². The molecule has 0 amide bonds. The van der Waals surface area contributed by atoms with Crippen LogP contribution in [0.15, 0.2) is 47.5 Å². The quantitative estimate of drug-likeness (QED) is 0.617. The van der Waals surface area contributed by atoms with Crippen LogP contribution >= 0.6 is 11.6 Å². The van der Waals surface area contributed by atoms with Crippen LogP contribution in [0.25, 0.3) is 10.9 Å². The van der Waals surface area contributed by atoms with E-state index in [0.29, 0.717) is 21.9 Å². The first-order valence-corrected chi connectivity index (χ1v) is 11.1. The predicted octanol–water partition coefficient (Wildman–Crippen LogP) is 4.38. The molecule has 0 saturated carbocycles. The Morgan fingerprint density at radius 2 is 1.86 bits per heavy atom. The third kappa shape index (κ3) is 3.77. The first kappa shape index (κ1) is 20.7. The first-order chi connectivity index (χ1) is 13.3. The van der Waals surface area contributed by atoms with Gasteiger partial charge < -0.3 is 10.2 Å². The fourth-order valence-corrected chi connectivity index (χ4v) is 5.51. The second-order valence-electron chi connectivity index (χ2n) is 7.11. The molecule has 0 fully saturated rings. The molecule has 0 aliphatic rings. The molecular weight excluding hydrogens is 394 g/mol. The van der Waals surface area contributed by atoms with E-state index in [2.05, 4.69) is 10.2 Å². The van der Waals surface area contributed by atoms with E-state index in [1.807, 2.05) is 34.0 Å². The van der Waals surface area contributed by atoms with E-state index in [4.69, 9.17) is 11.6 Å². The molecule has 0 bridgehead atoms. The van der Waals surface area contributed by atoms with Crippen molar-refractivity contribution in [2.24, 2.45) is 0 Å². The number of likely N-dealkylation sites (N-methyl/N-ethyl adjacent to an activating group) is 1. The van der Waals surface area contributed by atoms with Crippen molar-refractivity contribution in [3.05, 3.63) is 58.7 Å². The second kappa shape index (κ2) is 8.15. The van der Waals surface area contributed by atoms with Crippen molar-refractivity contribution in [2.45, 2.75) is 25.2 Å². The van der Waals surface area contributed by atoms with Gasteiger partial charge in [0, 0.05) is 30.4 Å². The summed E-state index contributed by atoms with van der Waals surface area (Å²) in [6.07, 6.45) is 2.26. The highest BCUT2D eigenvalue weighted by molar-refractivity contribution is 7.90. The lowest BCUT2D eigenvalue weighted by molar-refractivity contribution is 0.425. The molecule has 1 aromatic heterocycles. The van der Waals surface area contributed by atoms with Crippen molar-refractivity contribution in [2.75, 3.05) is 32.5 Å². The molecule has 0 aliphatic heterocycles. The Labute approximate surface area is 172 Å².